The first-order valence-electron chi connectivity index (χ1n) is 4.35. The van der Waals surface area contributed by atoms with Crippen LogP contribution in [0.5, 0.6) is 0 Å². The van der Waals surface area contributed by atoms with Gasteiger partial charge in [0.25, 0.3) is 0 Å². The van der Waals surface area contributed by atoms with E-state index in [-0.39, 0.29) is 0 Å². The predicted molar refractivity (Wildman–Crippen MR) is 59.9 cm³/mol. The van der Waals surface area contributed by atoms with Crippen molar-refractivity contribution in [3.63, 3.8) is 0 Å². The van der Waals surface area contributed by atoms with Gasteiger partial charge in [-0.15, -0.1) is 24.9 Å². The third-order valence-electron chi connectivity index (χ3n) is 2.79. The van der Waals surface area contributed by atoms with E-state index < -0.39 is 0 Å². The molecule has 0 aromatic heterocycles. The van der Waals surface area contributed by atoms with E-state index in [4.69, 9.17) is 0 Å². The SMILES string of the molecule is C=CC1SC(C=C)C2CSCC12. The van der Waals surface area contributed by atoms with Crippen molar-refractivity contribution in [2.45, 2.75) is 10.5 Å². The summed E-state index contributed by atoms with van der Waals surface area (Å²) >= 11 is 4.15. The Morgan fingerprint density at radius 2 is 1.50 bits per heavy atom. The van der Waals surface area contributed by atoms with Gasteiger partial charge in [-0.3, -0.25) is 0 Å². The van der Waals surface area contributed by atoms with Crippen LogP contribution >= 0.6 is 23.5 Å². The first kappa shape index (κ1) is 8.76. The molecule has 12 heavy (non-hydrogen) atoms. The maximum atomic E-state index is 3.91. The molecule has 2 aliphatic heterocycles. The van der Waals surface area contributed by atoms with Gasteiger partial charge < -0.3 is 0 Å². The van der Waals surface area contributed by atoms with E-state index in [1.54, 1.807) is 0 Å². The zero-order valence-corrected chi connectivity index (χ0v) is 8.74. The highest BCUT2D eigenvalue weighted by Gasteiger charge is 2.44. The second kappa shape index (κ2) is 3.51. The van der Waals surface area contributed by atoms with E-state index in [9.17, 15) is 0 Å². The molecule has 0 N–H and O–H groups in total. The molecule has 2 saturated heterocycles. The fourth-order valence-corrected chi connectivity index (χ4v) is 5.53. The minimum absolute atomic E-state index is 0.688. The van der Waals surface area contributed by atoms with Crippen LogP contribution in [0.15, 0.2) is 25.3 Å². The van der Waals surface area contributed by atoms with E-state index in [2.05, 4.69) is 48.8 Å². The highest BCUT2D eigenvalue weighted by atomic mass is 32.2. The van der Waals surface area contributed by atoms with Crippen molar-refractivity contribution >= 4 is 23.5 Å². The van der Waals surface area contributed by atoms with Gasteiger partial charge in [-0.1, -0.05) is 12.2 Å². The van der Waals surface area contributed by atoms with Crippen molar-refractivity contribution in [1.29, 1.82) is 0 Å². The maximum Gasteiger partial charge on any atom is 0.0270 e. The van der Waals surface area contributed by atoms with Crippen LogP contribution in [0.1, 0.15) is 0 Å². The van der Waals surface area contributed by atoms with Crippen LogP contribution in [0.2, 0.25) is 0 Å². The van der Waals surface area contributed by atoms with Crippen molar-refractivity contribution in [2.75, 3.05) is 11.5 Å². The summed E-state index contributed by atoms with van der Waals surface area (Å²) in [7, 11) is 0. The number of hydrogen-bond donors (Lipinski definition) is 0. The molecule has 0 saturated carbocycles. The fraction of sp³-hybridized carbons (Fsp3) is 0.600. The molecule has 0 aromatic rings. The molecule has 4 unspecified atom stereocenters. The molecule has 2 fully saturated rings. The Balaban J connectivity index is 2.15. The van der Waals surface area contributed by atoms with Crippen LogP contribution in [0.3, 0.4) is 0 Å². The second-order valence-corrected chi connectivity index (χ2v) is 5.84. The van der Waals surface area contributed by atoms with Crippen molar-refractivity contribution in [1.82, 2.24) is 0 Å². The largest absolute Gasteiger partial charge is 0.161 e. The van der Waals surface area contributed by atoms with Crippen LogP contribution in [0.4, 0.5) is 0 Å². The Morgan fingerprint density at radius 1 is 1.00 bits per heavy atom. The number of rotatable bonds is 2. The molecule has 0 aliphatic carbocycles. The van der Waals surface area contributed by atoms with E-state index in [0.29, 0.717) is 10.5 Å². The lowest BCUT2D eigenvalue weighted by Gasteiger charge is -2.11. The third-order valence-corrected chi connectivity index (χ3v) is 5.75. The Hall–Kier alpha value is 0.180. The molecular formula is C10H14S2. The molecule has 2 heterocycles. The summed E-state index contributed by atoms with van der Waals surface area (Å²) in [5.41, 5.74) is 0. The topological polar surface area (TPSA) is 0 Å². The van der Waals surface area contributed by atoms with Crippen molar-refractivity contribution in [3.05, 3.63) is 25.3 Å². The van der Waals surface area contributed by atoms with Gasteiger partial charge in [0.15, 0.2) is 0 Å². The second-order valence-electron chi connectivity index (χ2n) is 3.40. The first-order valence-corrected chi connectivity index (χ1v) is 6.45. The van der Waals surface area contributed by atoms with E-state index in [1.165, 1.54) is 11.5 Å². The van der Waals surface area contributed by atoms with Gasteiger partial charge in [0.2, 0.25) is 0 Å². The number of thioether (sulfide) groups is 2. The number of hydrogen-bond acceptors (Lipinski definition) is 2. The van der Waals surface area contributed by atoms with Crippen LogP contribution in [0.25, 0.3) is 0 Å². The molecule has 0 aromatic carbocycles. The summed E-state index contributed by atoms with van der Waals surface area (Å²) in [6.07, 6.45) is 4.25. The minimum atomic E-state index is 0.688. The third kappa shape index (κ3) is 1.25. The Kier molecular flexibility index (Phi) is 2.56. The monoisotopic (exact) mass is 198 g/mol. The summed E-state index contributed by atoms with van der Waals surface area (Å²) in [5.74, 6) is 4.42. The fourth-order valence-electron chi connectivity index (χ4n) is 2.11. The Bertz CT molecular complexity index is 180. The Labute approximate surface area is 82.9 Å². The molecule has 0 nitrogen and oxygen atoms in total. The summed E-state index contributed by atoms with van der Waals surface area (Å²) < 4.78 is 0. The lowest BCUT2D eigenvalue weighted by molar-refractivity contribution is 0.473. The summed E-state index contributed by atoms with van der Waals surface area (Å²) in [4.78, 5) is 0. The quantitative estimate of drug-likeness (QED) is 0.626. The average Bonchev–Trinajstić information content (AvgIpc) is 2.63. The number of fused-ring (bicyclic) bond motifs is 1. The molecule has 4 atom stereocenters. The van der Waals surface area contributed by atoms with Gasteiger partial charge in [-0.25, -0.2) is 0 Å². The molecule has 0 bridgehead atoms. The maximum absolute atomic E-state index is 3.91. The van der Waals surface area contributed by atoms with Crippen molar-refractivity contribution in [3.8, 4) is 0 Å². The van der Waals surface area contributed by atoms with Crippen LogP contribution in [-0.4, -0.2) is 22.0 Å². The van der Waals surface area contributed by atoms with Gasteiger partial charge in [0.1, 0.15) is 0 Å². The summed E-state index contributed by atoms with van der Waals surface area (Å²) in [6.45, 7) is 7.81. The molecule has 2 aliphatic rings. The lowest BCUT2D eigenvalue weighted by atomic mass is 9.90. The van der Waals surface area contributed by atoms with Crippen molar-refractivity contribution < 1.29 is 0 Å². The molecule has 2 rings (SSSR count). The normalized spacial score (nSPS) is 45.7. The lowest BCUT2D eigenvalue weighted by Crippen LogP contribution is -2.17. The molecule has 0 radical (unpaired) electrons. The minimum Gasteiger partial charge on any atom is -0.161 e. The van der Waals surface area contributed by atoms with Gasteiger partial charge >= 0.3 is 0 Å². The van der Waals surface area contributed by atoms with Crippen molar-refractivity contribution in [2.24, 2.45) is 11.8 Å². The molecule has 0 spiro atoms. The smallest absolute Gasteiger partial charge is 0.0270 e. The molecular weight excluding hydrogens is 184 g/mol. The summed E-state index contributed by atoms with van der Waals surface area (Å²) in [5, 5.41) is 1.38. The molecule has 66 valence electrons. The average molecular weight is 198 g/mol. The van der Waals surface area contributed by atoms with Gasteiger partial charge in [0.05, 0.1) is 0 Å². The summed E-state index contributed by atoms with van der Waals surface area (Å²) in [6, 6.07) is 0. The highest BCUT2D eigenvalue weighted by molar-refractivity contribution is 8.02. The standard InChI is InChI=1S/C10H14S2/c1-3-9-7-5-11-6-8(7)10(4-2)12-9/h3-4,7-10H,1-2,5-6H2. The van der Waals surface area contributed by atoms with Gasteiger partial charge in [-0.05, 0) is 23.3 Å². The van der Waals surface area contributed by atoms with Crippen LogP contribution < -0.4 is 0 Å². The van der Waals surface area contributed by atoms with Crippen LogP contribution in [0, 0.1) is 11.8 Å². The Morgan fingerprint density at radius 3 is 1.92 bits per heavy atom. The molecule has 2 heteroatoms. The van der Waals surface area contributed by atoms with Gasteiger partial charge in [-0.2, -0.15) is 11.8 Å². The first-order chi connectivity index (χ1) is 5.86. The van der Waals surface area contributed by atoms with E-state index in [1.807, 2.05) is 0 Å². The van der Waals surface area contributed by atoms with E-state index >= 15 is 0 Å². The van der Waals surface area contributed by atoms with E-state index in [0.717, 1.165) is 11.8 Å². The zero-order valence-electron chi connectivity index (χ0n) is 7.11. The zero-order chi connectivity index (χ0) is 8.55. The predicted octanol–water partition coefficient (Wildman–Crippen LogP) is 2.82. The van der Waals surface area contributed by atoms with Crippen LogP contribution in [-0.2, 0) is 0 Å². The molecule has 0 amide bonds. The highest BCUT2D eigenvalue weighted by Crippen LogP contribution is 2.50. The van der Waals surface area contributed by atoms with Gasteiger partial charge in [0, 0.05) is 10.5 Å².